The summed E-state index contributed by atoms with van der Waals surface area (Å²) in [5.74, 6) is 1.27. The maximum Gasteiger partial charge on any atom is 0.238 e. The van der Waals surface area contributed by atoms with Crippen LogP contribution in [0.25, 0.3) is 0 Å². The number of nitrogens with zero attached hydrogens (tertiary/aromatic N) is 5. The van der Waals surface area contributed by atoms with Crippen LogP contribution in [0.15, 0.2) is 4.52 Å². The molecule has 3 rings (SSSR count). The van der Waals surface area contributed by atoms with Gasteiger partial charge in [0.05, 0.1) is 30.2 Å². The molecule has 9 nitrogen and oxygen atoms in total. The number of rotatable bonds is 6. The summed E-state index contributed by atoms with van der Waals surface area (Å²) in [4.78, 5) is 20.9. The van der Waals surface area contributed by atoms with E-state index in [2.05, 4.69) is 42.5 Å². The average Bonchev–Trinajstić information content (AvgIpc) is 3.25. The van der Waals surface area contributed by atoms with Gasteiger partial charge in [-0.25, -0.2) is 0 Å². The highest BCUT2D eigenvalue weighted by atomic mass is 16.5. The summed E-state index contributed by atoms with van der Waals surface area (Å²) >= 11 is 0. The van der Waals surface area contributed by atoms with Crippen LogP contribution in [-0.4, -0.2) is 68.8 Å². The molecule has 0 bridgehead atoms. The van der Waals surface area contributed by atoms with E-state index in [1.54, 1.807) is 6.92 Å². The summed E-state index contributed by atoms with van der Waals surface area (Å²) in [6.07, 6.45) is 1.02. The number of amides is 1. The fourth-order valence-electron chi connectivity index (χ4n) is 3.19. The van der Waals surface area contributed by atoms with Crippen LogP contribution in [0.5, 0.6) is 0 Å². The molecule has 136 valence electrons. The Kier molecular flexibility index (Phi) is 5.14. The molecule has 2 N–H and O–H groups in total. The second-order valence-electron chi connectivity index (χ2n) is 6.68. The highest BCUT2D eigenvalue weighted by molar-refractivity contribution is 5.93. The Morgan fingerprint density at radius 3 is 2.88 bits per heavy atom. The van der Waals surface area contributed by atoms with Crippen molar-refractivity contribution in [2.45, 2.75) is 39.8 Å². The topological polar surface area (TPSA) is 103 Å². The number of aryl methyl sites for hydroxylation is 3. The number of H-pyrrole nitrogens is 1. The van der Waals surface area contributed by atoms with E-state index in [0.717, 1.165) is 36.6 Å². The van der Waals surface area contributed by atoms with Gasteiger partial charge in [0, 0.05) is 26.1 Å². The van der Waals surface area contributed by atoms with E-state index in [9.17, 15) is 4.79 Å². The van der Waals surface area contributed by atoms with E-state index in [0.29, 0.717) is 30.8 Å². The van der Waals surface area contributed by atoms with E-state index >= 15 is 0 Å². The third-order valence-electron chi connectivity index (χ3n) is 4.59. The highest BCUT2D eigenvalue weighted by Crippen LogP contribution is 2.18. The van der Waals surface area contributed by atoms with Gasteiger partial charge in [0.15, 0.2) is 5.82 Å². The molecule has 1 atom stereocenters. The van der Waals surface area contributed by atoms with E-state index in [4.69, 9.17) is 4.52 Å². The van der Waals surface area contributed by atoms with E-state index < -0.39 is 0 Å². The van der Waals surface area contributed by atoms with Crippen molar-refractivity contribution in [2.24, 2.45) is 0 Å². The van der Waals surface area contributed by atoms with Gasteiger partial charge in [0.25, 0.3) is 0 Å². The van der Waals surface area contributed by atoms with Crippen molar-refractivity contribution < 1.29 is 9.32 Å². The van der Waals surface area contributed by atoms with Crippen molar-refractivity contribution in [3.8, 4) is 0 Å². The summed E-state index contributed by atoms with van der Waals surface area (Å²) < 4.78 is 5.01. The molecule has 1 saturated heterocycles. The van der Waals surface area contributed by atoms with Crippen LogP contribution in [-0.2, 0) is 11.3 Å². The second-order valence-corrected chi connectivity index (χ2v) is 6.68. The first-order valence-corrected chi connectivity index (χ1v) is 8.45. The van der Waals surface area contributed by atoms with Crippen molar-refractivity contribution in [3.05, 3.63) is 23.1 Å². The fraction of sp³-hybridized carbons (Fsp3) is 0.625. The summed E-state index contributed by atoms with van der Waals surface area (Å²) in [6.45, 7) is 8.35. The monoisotopic (exact) mass is 347 g/mol. The zero-order chi connectivity index (χ0) is 18.0. The van der Waals surface area contributed by atoms with Crippen LogP contribution in [0.3, 0.4) is 0 Å². The van der Waals surface area contributed by atoms with Gasteiger partial charge in [-0.3, -0.25) is 19.7 Å². The summed E-state index contributed by atoms with van der Waals surface area (Å²) in [5, 5.41) is 13.9. The molecule has 0 aliphatic carbocycles. The minimum Gasteiger partial charge on any atom is -0.340 e. The number of carbonyl (C=O) groups excluding carboxylic acids is 1. The molecular weight excluding hydrogens is 322 g/mol. The number of hydrogen-bond donors (Lipinski definition) is 2. The maximum atomic E-state index is 12.3. The van der Waals surface area contributed by atoms with Crippen molar-refractivity contribution in [1.29, 1.82) is 0 Å². The molecule has 1 amide bonds. The molecule has 1 aliphatic rings. The van der Waals surface area contributed by atoms with Gasteiger partial charge in [-0.05, 0) is 27.3 Å². The van der Waals surface area contributed by atoms with Gasteiger partial charge >= 0.3 is 0 Å². The second kappa shape index (κ2) is 7.32. The summed E-state index contributed by atoms with van der Waals surface area (Å²) in [6, 6.07) is 0.379. The minimum atomic E-state index is -0.00954. The van der Waals surface area contributed by atoms with Gasteiger partial charge in [-0.2, -0.15) is 10.1 Å². The van der Waals surface area contributed by atoms with Gasteiger partial charge in [0.2, 0.25) is 11.8 Å². The number of hydrogen-bond acceptors (Lipinski definition) is 7. The zero-order valence-electron chi connectivity index (χ0n) is 15.2. The van der Waals surface area contributed by atoms with Crippen molar-refractivity contribution in [3.63, 3.8) is 0 Å². The molecule has 3 heterocycles. The molecule has 9 heteroatoms. The Balaban J connectivity index is 1.48. The molecule has 1 aliphatic heterocycles. The molecule has 2 aromatic rings. The van der Waals surface area contributed by atoms with Crippen LogP contribution in [0, 0.1) is 20.8 Å². The summed E-state index contributed by atoms with van der Waals surface area (Å²) in [7, 11) is 2.05. The zero-order valence-corrected chi connectivity index (χ0v) is 15.2. The molecule has 25 heavy (non-hydrogen) atoms. The predicted octanol–water partition coefficient (Wildman–Crippen LogP) is 0.863. The largest absolute Gasteiger partial charge is 0.340 e. The lowest BCUT2D eigenvalue weighted by Gasteiger charge is -2.23. The smallest absolute Gasteiger partial charge is 0.238 e. The van der Waals surface area contributed by atoms with Crippen LogP contribution >= 0.6 is 0 Å². The molecule has 0 radical (unpaired) electrons. The lowest BCUT2D eigenvalue weighted by atomic mass is 10.2. The number of likely N-dealkylation sites (tertiary alicyclic amines) is 1. The van der Waals surface area contributed by atoms with Crippen LogP contribution < -0.4 is 5.32 Å². The third-order valence-corrected chi connectivity index (χ3v) is 4.59. The molecule has 0 unspecified atom stereocenters. The van der Waals surface area contributed by atoms with Gasteiger partial charge in [0.1, 0.15) is 0 Å². The molecule has 1 fully saturated rings. The van der Waals surface area contributed by atoms with Crippen LogP contribution in [0.1, 0.15) is 29.5 Å². The van der Waals surface area contributed by atoms with Crippen LogP contribution in [0.4, 0.5) is 5.69 Å². The Bertz CT molecular complexity index is 719. The van der Waals surface area contributed by atoms with Crippen molar-refractivity contribution in [1.82, 2.24) is 30.1 Å². The van der Waals surface area contributed by atoms with Crippen molar-refractivity contribution in [2.75, 3.05) is 32.0 Å². The van der Waals surface area contributed by atoms with Gasteiger partial charge < -0.3 is 9.84 Å². The van der Waals surface area contributed by atoms with Crippen molar-refractivity contribution >= 4 is 11.6 Å². The number of anilines is 1. The standard InChI is InChI=1S/C16H25N7O2/c1-10-16(11(2)20-19-10)18-15(24)9-23-6-5-13(7-23)22(4)8-14-17-12(3)25-21-14/h13H,5-9H2,1-4H3,(H,18,24)(H,19,20)/t13-/m1/s1. The Hall–Kier alpha value is -2.26. The molecule has 2 aromatic heterocycles. The lowest BCUT2D eigenvalue weighted by Crippen LogP contribution is -2.37. The quantitative estimate of drug-likeness (QED) is 0.799. The summed E-state index contributed by atoms with van der Waals surface area (Å²) in [5.41, 5.74) is 2.46. The lowest BCUT2D eigenvalue weighted by molar-refractivity contribution is -0.117. The maximum absolute atomic E-state index is 12.3. The first-order valence-electron chi connectivity index (χ1n) is 8.45. The minimum absolute atomic E-state index is 0.00954. The first kappa shape index (κ1) is 17.6. The molecule has 0 aromatic carbocycles. The number of carbonyl (C=O) groups is 1. The predicted molar refractivity (Wildman–Crippen MR) is 92.0 cm³/mol. The highest BCUT2D eigenvalue weighted by Gasteiger charge is 2.27. The van der Waals surface area contributed by atoms with Gasteiger partial charge in [-0.1, -0.05) is 5.16 Å². The first-order chi connectivity index (χ1) is 11.9. The Morgan fingerprint density at radius 1 is 1.44 bits per heavy atom. The number of aromatic amines is 1. The van der Waals surface area contributed by atoms with Crippen LogP contribution in [0.2, 0.25) is 0 Å². The van der Waals surface area contributed by atoms with E-state index in [-0.39, 0.29) is 5.91 Å². The average molecular weight is 347 g/mol. The number of aromatic nitrogens is 4. The molecule has 0 saturated carbocycles. The van der Waals surface area contributed by atoms with E-state index in [1.807, 2.05) is 13.8 Å². The fourth-order valence-corrected chi connectivity index (χ4v) is 3.19. The molecular formula is C16H25N7O2. The van der Waals surface area contributed by atoms with Gasteiger partial charge in [-0.15, -0.1) is 0 Å². The Labute approximate surface area is 146 Å². The SMILES string of the molecule is Cc1nc(CN(C)[C@@H]2CCN(CC(=O)Nc3c(C)n[nH]c3C)C2)no1. The number of nitrogens with one attached hydrogen (secondary N) is 2. The van der Waals surface area contributed by atoms with E-state index in [1.165, 1.54) is 0 Å². The normalized spacial score (nSPS) is 18.2. The number of likely N-dealkylation sites (N-methyl/N-ethyl adjacent to an activating group) is 1. The molecule has 0 spiro atoms. The third kappa shape index (κ3) is 4.23. The Morgan fingerprint density at radius 2 is 2.24 bits per heavy atom.